The summed E-state index contributed by atoms with van der Waals surface area (Å²) < 4.78 is 19.6. The quantitative estimate of drug-likeness (QED) is 0.567. The van der Waals surface area contributed by atoms with E-state index in [-0.39, 0.29) is 23.6 Å². The second-order valence-electron chi connectivity index (χ2n) is 6.18. The Kier molecular flexibility index (Phi) is 5.35. The van der Waals surface area contributed by atoms with Gasteiger partial charge in [-0.05, 0) is 32.1 Å². The first kappa shape index (κ1) is 19.0. The molecule has 0 bridgehead atoms. The van der Waals surface area contributed by atoms with Crippen LogP contribution in [0.5, 0.6) is 11.6 Å². The van der Waals surface area contributed by atoms with Gasteiger partial charge in [-0.1, -0.05) is 6.58 Å². The van der Waals surface area contributed by atoms with E-state index in [0.717, 1.165) is 12.1 Å². The molecule has 3 N–H and O–H groups in total. The van der Waals surface area contributed by atoms with Crippen LogP contribution < -0.4 is 15.4 Å². The molecule has 0 atom stereocenters. The Morgan fingerprint density at radius 2 is 2.14 bits per heavy atom. The number of H-pyrrole nitrogens is 1. The minimum absolute atomic E-state index is 0.00297. The van der Waals surface area contributed by atoms with E-state index in [2.05, 4.69) is 32.2 Å². The van der Waals surface area contributed by atoms with Gasteiger partial charge in [0, 0.05) is 24.0 Å². The predicted octanol–water partition coefficient (Wildman–Crippen LogP) is 3.15. The van der Waals surface area contributed by atoms with Crippen LogP contribution in [0.1, 0.15) is 24.2 Å². The molecule has 2 heterocycles. The summed E-state index contributed by atoms with van der Waals surface area (Å²) in [6, 6.07) is 3.80. The van der Waals surface area contributed by atoms with Crippen molar-refractivity contribution in [3.63, 3.8) is 0 Å². The summed E-state index contributed by atoms with van der Waals surface area (Å²) in [6.07, 6.45) is 3.90. The van der Waals surface area contributed by atoms with Crippen molar-refractivity contribution in [2.24, 2.45) is 0 Å². The molecule has 28 heavy (non-hydrogen) atoms. The Morgan fingerprint density at radius 3 is 2.86 bits per heavy atom. The second-order valence-corrected chi connectivity index (χ2v) is 6.18. The van der Waals surface area contributed by atoms with Crippen molar-refractivity contribution < 1.29 is 18.7 Å². The molecule has 3 aromatic rings. The Bertz CT molecular complexity index is 1060. The smallest absolute Gasteiger partial charge is 0.255 e. The summed E-state index contributed by atoms with van der Waals surface area (Å²) in [5.74, 6) is -1.55. The molecule has 2 amide bonds. The van der Waals surface area contributed by atoms with Crippen LogP contribution in [0.25, 0.3) is 11.2 Å². The third-order valence-corrected chi connectivity index (χ3v) is 3.62. The lowest BCUT2D eigenvalue weighted by molar-refractivity contribution is -0.111. The molecule has 0 saturated carbocycles. The monoisotopic (exact) mass is 383 g/mol. The molecule has 8 nitrogen and oxygen atoms in total. The number of nitrogens with one attached hydrogen (secondary N) is 3. The highest BCUT2D eigenvalue weighted by Crippen LogP contribution is 2.27. The highest BCUT2D eigenvalue weighted by molar-refractivity contribution is 6.04. The minimum Gasteiger partial charge on any atom is -0.434 e. The summed E-state index contributed by atoms with van der Waals surface area (Å²) in [4.78, 5) is 35.0. The molecule has 2 aromatic heterocycles. The number of amides is 2. The van der Waals surface area contributed by atoms with Crippen molar-refractivity contribution in [3.05, 3.63) is 54.6 Å². The zero-order valence-electron chi connectivity index (χ0n) is 15.2. The number of hydrogen-bond acceptors (Lipinski definition) is 5. The third-order valence-electron chi connectivity index (χ3n) is 3.62. The van der Waals surface area contributed by atoms with Crippen molar-refractivity contribution >= 4 is 28.7 Å². The van der Waals surface area contributed by atoms with E-state index in [0.29, 0.717) is 22.4 Å². The van der Waals surface area contributed by atoms with Crippen LogP contribution >= 0.6 is 0 Å². The Morgan fingerprint density at radius 1 is 1.36 bits per heavy atom. The fourth-order valence-electron chi connectivity index (χ4n) is 2.40. The largest absolute Gasteiger partial charge is 0.434 e. The van der Waals surface area contributed by atoms with Crippen LogP contribution in [0.15, 0.2) is 43.2 Å². The van der Waals surface area contributed by atoms with Gasteiger partial charge in [-0.3, -0.25) is 9.59 Å². The number of rotatable bonds is 6. The topological polar surface area (TPSA) is 109 Å². The minimum atomic E-state index is -0.648. The lowest BCUT2D eigenvalue weighted by Crippen LogP contribution is -2.29. The lowest BCUT2D eigenvalue weighted by Gasteiger charge is -2.09. The number of carbonyl (C=O) groups is 2. The summed E-state index contributed by atoms with van der Waals surface area (Å²) in [5.41, 5.74) is 1.32. The van der Waals surface area contributed by atoms with E-state index < -0.39 is 11.7 Å². The van der Waals surface area contributed by atoms with Crippen LogP contribution in [0.4, 0.5) is 10.1 Å². The van der Waals surface area contributed by atoms with Crippen LogP contribution in [0, 0.1) is 5.82 Å². The SMILES string of the molecule is C=CC(=O)Nc1ccc(F)c(Oc2cnc3[nH]cc(C(=O)NC(C)C)c3n2)c1. The summed E-state index contributed by atoms with van der Waals surface area (Å²) in [5, 5.41) is 5.29. The maximum Gasteiger partial charge on any atom is 0.255 e. The molecule has 1 aromatic carbocycles. The molecular weight excluding hydrogens is 365 g/mol. The number of nitrogens with zero attached hydrogens (tertiary/aromatic N) is 2. The molecule has 0 unspecified atom stereocenters. The molecule has 3 rings (SSSR count). The van der Waals surface area contributed by atoms with Crippen molar-refractivity contribution in [2.45, 2.75) is 19.9 Å². The molecule has 0 aliphatic heterocycles. The predicted molar refractivity (Wildman–Crippen MR) is 102 cm³/mol. The first-order valence-electron chi connectivity index (χ1n) is 8.43. The van der Waals surface area contributed by atoms with Crippen molar-refractivity contribution in [3.8, 4) is 11.6 Å². The van der Waals surface area contributed by atoms with Gasteiger partial charge in [0.2, 0.25) is 11.8 Å². The van der Waals surface area contributed by atoms with Crippen LogP contribution in [0.2, 0.25) is 0 Å². The molecular formula is C19H18FN5O3. The molecule has 9 heteroatoms. The van der Waals surface area contributed by atoms with E-state index in [1.54, 1.807) is 0 Å². The molecule has 0 spiro atoms. The second kappa shape index (κ2) is 7.87. The van der Waals surface area contributed by atoms with Crippen molar-refractivity contribution in [1.29, 1.82) is 0 Å². The fourth-order valence-corrected chi connectivity index (χ4v) is 2.40. The molecule has 0 aliphatic carbocycles. The van der Waals surface area contributed by atoms with E-state index in [1.807, 2.05) is 13.8 Å². The van der Waals surface area contributed by atoms with Crippen molar-refractivity contribution in [2.75, 3.05) is 5.32 Å². The maximum atomic E-state index is 14.1. The van der Waals surface area contributed by atoms with Gasteiger partial charge < -0.3 is 20.4 Å². The molecule has 0 fully saturated rings. The Labute approximate surface area is 159 Å². The number of anilines is 1. The van der Waals surface area contributed by atoms with Gasteiger partial charge in [-0.2, -0.15) is 0 Å². The van der Waals surface area contributed by atoms with Gasteiger partial charge in [0.25, 0.3) is 5.91 Å². The molecule has 0 radical (unpaired) electrons. The number of fused-ring (bicyclic) bond motifs is 1. The molecule has 144 valence electrons. The van der Waals surface area contributed by atoms with Crippen LogP contribution in [-0.2, 0) is 4.79 Å². The number of hydrogen-bond donors (Lipinski definition) is 3. The van der Waals surface area contributed by atoms with Gasteiger partial charge >= 0.3 is 0 Å². The van der Waals surface area contributed by atoms with Gasteiger partial charge in [0.05, 0.1) is 11.8 Å². The summed E-state index contributed by atoms with van der Waals surface area (Å²) in [6.45, 7) is 7.04. The average molecular weight is 383 g/mol. The highest BCUT2D eigenvalue weighted by Gasteiger charge is 2.16. The third kappa shape index (κ3) is 4.14. The first-order chi connectivity index (χ1) is 13.4. The lowest BCUT2D eigenvalue weighted by atomic mass is 10.2. The van der Waals surface area contributed by atoms with Crippen LogP contribution in [-0.4, -0.2) is 32.8 Å². The Hall–Kier alpha value is -3.75. The number of halogens is 1. The summed E-state index contributed by atoms with van der Waals surface area (Å²) in [7, 11) is 0. The van der Waals surface area contributed by atoms with Gasteiger partial charge in [0.15, 0.2) is 17.2 Å². The van der Waals surface area contributed by atoms with E-state index in [9.17, 15) is 14.0 Å². The number of aromatic amines is 1. The number of ether oxygens (including phenoxy) is 1. The van der Waals surface area contributed by atoms with Crippen molar-refractivity contribution in [1.82, 2.24) is 20.3 Å². The standard InChI is InChI=1S/C19H18FN5O3/c1-4-15(26)24-11-5-6-13(20)14(7-11)28-16-9-22-18-17(25-16)12(8-21-18)19(27)23-10(2)3/h4-10H,1H2,2-3H3,(H,21,22)(H,23,27)(H,24,26). The summed E-state index contributed by atoms with van der Waals surface area (Å²) >= 11 is 0. The number of benzene rings is 1. The average Bonchev–Trinajstić information content (AvgIpc) is 3.07. The van der Waals surface area contributed by atoms with Gasteiger partial charge in [-0.15, -0.1) is 0 Å². The van der Waals surface area contributed by atoms with Gasteiger partial charge in [-0.25, -0.2) is 14.4 Å². The Balaban J connectivity index is 1.90. The first-order valence-corrected chi connectivity index (χ1v) is 8.43. The molecule has 0 saturated heterocycles. The zero-order valence-corrected chi connectivity index (χ0v) is 15.2. The fraction of sp³-hybridized carbons (Fsp3) is 0.158. The van der Waals surface area contributed by atoms with Crippen LogP contribution in [0.3, 0.4) is 0 Å². The normalized spacial score (nSPS) is 10.7. The molecule has 0 aliphatic rings. The number of aromatic nitrogens is 3. The van der Waals surface area contributed by atoms with E-state index in [4.69, 9.17) is 4.74 Å². The maximum absolute atomic E-state index is 14.1. The van der Waals surface area contributed by atoms with E-state index in [1.165, 1.54) is 24.5 Å². The zero-order chi connectivity index (χ0) is 20.3. The highest BCUT2D eigenvalue weighted by atomic mass is 19.1. The number of carbonyl (C=O) groups excluding carboxylic acids is 2. The van der Waals surface area contributed by atoms with Gasteiger partial charge in [0.1, 0.15) is 5.52 Å². The van der Waals surface area contributed by atoms with E-state index >= 15 is 0 Å².